The number of imide groups is 1. The minimum absolute atomic E-state index is 0.0492. The molecular formula is C27H32N4O5. The third-order valence-electron chi connectivity index (χ3n) is 7.18. The van der Waals surface area contributed by atoms with Crippen molar-refractivity contribution < 1.29 is 23.9 Å². The number of hydrogen-bond donors (Lipinski definition) is 1. The lowest BCUT2D eigenvalue weighted by Gasteiger charge is -2.33. The van der Waals surface area contributed by atoms with E-state index in [-0.39, 0.29) is 18.6 Å². The van der Waals surface area contributed by atoms with Gasteiger partial charge >= 0.3 is 6.03 Å². The number of urea groups is 1. The molecule has 36 heavy (non-hydrogen) atoms. The van der Waals surface area contributed by atoms with Gasteiger partial charge in [-0.25, -0.2) is 4.79 Å². The van der Waals surface area contributed by atoms with Gasteiger partial charge in [-0.3, -0.25) is 14.5 Å². The van der Waals surface area contributed by atoms with Crippen LogP contribution in [0.5, 0.6) is 5.75 Å². The molecule has 0 radical (unpaired) electrons. The average molecular weight is 493 g/mol. The number of hydrogen-bond acceptors (Lipinski definition) is 6. The van der Waals surface area contributed by atoms with E-state index in [2.05, 4.69) is 5.32 Å². The Morgan fingerprint density at radius 1 is 1.11 bits per heavy atom. The van der Waals surface area contributed by atoms with E-state index in [0.29, 0.717) is 44.0 Å². The van der Waals surface area contributed by atoms with Crippen LogP contribution >= 0.6 is 0 Å². The first kappa shape index (κ1) is 24.1. The number of nitrogens with one attached hydrogen (secondary N) is 1. The average Bonchev–Trinajstić information content (AvgIpc) is 3.47. The fourth-order valence-corrected chi connectivity index (χ4v) is 5.16. The topological polar surface area (TPSA) is 91.4 Å². The second kappa shape index (κ2) is 9.81. The molecule has 0 aliphatic carbocycles. The molecule has 1 N–H and O–H groups in total. The van der Waals surface area contributed by atoms with Gasteiger partial charge < -0.3 is 24.6 Å². The molecule has 2 saturated heterocycles. The maximum absolute atomic E-state index is 13.6. The maximum Gasteiger partial charge on any atom is 0.325 e. The van der Waals surface area contributed by atoms with Crippen molar-refractivity contribution in [1.82, 2.24) is 15.1 Å². The Balaban J connectivity index is 1.35. The minimum Gasteiger partial charge on any atom is -0.493 e. The number of carbonyl (C=O) groups excluding carboxylic acids is 3. The van der Waals surface area contributed by atoms with Gasteiger partial charge in [0.25, 0.3) is 5.91 Å². The first-order valence-corrected chi connectivity index (χ1v) is 12.4. The van der Waals surface area contributed by atoms with Gasteiger partial charge in [0.15, 0.2) is 5.54 Å². The second-order valence-electron chi connectivity index (χ2n) is 9.79. The predicted octanol–water partition coefficient (Wildman–Crippen LogP) is 2.49. The van der Waals surface area contributed by atoms with Crippen LogP contribution in [0.4, 0.5) is 10.5 Å². The molecule has 1 spiro atoms. The van der Waals surface area contributed by atoms with E-state index in [9.17, 15) is 14.4 Å². The van der Waals surface area contributed by atoms with E-state index < -0.39 is 17.5 Å². The van der Waals surface area contributed by atoms with Gasteiger partial charge in [0, 0.05) is 51.5 Å². The summed E-state index contributed by atoms with van der Waals surface area (Å²) in [4.78, 5) is 44.9. The third kappa shape index (κ3) is 4.51. The van der Waals surface area contributed by atoms with Crippen molar-refractivity contribution in [2.75, 3.05) is 45.3 Å². The van der Waals surface area contributed by atoms with Crippen LogP contribution in [-0.4, -0.2) is 74.1 Å². The molecule has 0 aromatic heterocycles. The highest BCUT2D eigenvalue weighted by Gasteiger charge is 2.55. The number of benzene rings is 2. The Kier molecular flexibility index (Phi) is 6.57. The highest BCUT2D eigenvalue weighted by atomic mass is 16.5. The highest BCUT2D eigenvalue weighted by molar-refractivity contribution is 6.09. The number of carbonyl (C=O) groups is 3. The third-order valence-corrected chi connectivity index (χ3v) is 7.18. The fourth-order valence-electron chi connectivity index (χ4n) is 5.16. The second-order valence-corrected chi connectivity index (χ2v) is 9.79. The smallest absolute Gasteiger partial charge is 0.325 e. The van der Waals surface area contributed by atoms with Crippen LogP contribution in [0.15, 0.2) is 48.5 Å². The summed E-state index contributed by atoms with van der Waals surface area (Å²) in [6, 6.07) is 14.7. The number of anilines is 1. The molecule has 2 aromatic rings. The van der Waals surface area contributed by atoms with E-state index >= 15 is 0 Å². The molecule has 3 aliphatic heterocycles. The van der Waals surface area contributed by atoms with Gasteiger partial charge in [0.2, 0.25) is 5.91 Å². The zero-order chi connectivity index (χ0) is 25.3. The summed E-state index contributed by atoms with van der Waals surface area (Å²) in [6.45, 7) is 1.45. The predicted molar refractivity (Wildman–Crippen MR) is 134 cm³/mol. The van der Waals surface area contributed by atoms with Crippen molar-refractivity contribution in [1.29, 1.82) is 0 Å². The lowest BCUT2D eigenvalue weighted by Crippen LogP contribution is -2.48. The van der Waals surface area contributed by atoms with Crippen molar-refractivity contribution in [3.63, 3.8) is 0 Å². The molecule has 2 aromatic carbocycles. The summed E-state index contributed by atoms with van der Waals surface area (Å²) in [7, 11) is 3.95. The van der Waals surface area contributed by atoms with E-state index in [1.807, 2.05) is 55.4 Å². The van der Waals surface area contributed by atoms with Gasteiger partial charge in [-0.1, -0.05) is 30.3 Å². The summed E-state index contributed by atoms with van der Waals surface area (Å²) < 4.78 is 11.5. The highest BCUT2D eigenvalue weighted by Crippen LogP contribution is 2.41. The van der Waals surface area contributed by atoms with Crippen molar-refractivity contribution in [3.8, 4) is 5.75 Å². The van der Waals surface area contributed by atoms with Crippen LogP contribution in [0.2, 0.25) is 0 Å². The number of para-hydroxylation sites is 1. The molecule has 5 rings (SSSR count). The maximum atomic E-state index is 13.6. The van der Waals surface area contributed by atoms with Gasteiger partial charge in [0.05, 0.1) is 12.7 Å². The van der Waals surface area contributed by atoms with Crippen LogP contribution in [0.3, 0.4) is 0 Å². The normalized spacial score (nSPS) is 22.8. The number of amides is 4. The molecule has 2 fully saturated rings. The van der Waals surface area contributed by atoms with Gasteiger partial charge in [0.1, 0.15) is 12.3 Å². The van der Waals surface area contributed by atoms with Gasteiger partial charge in [-0.05, 0) is 36.6 Å². The van der Waals surface area contributed by atoms with Crippen molar-refractivity contribution in [2.45, 2.75) is 37.5 Å². The Labute approximate surface area is 210 Å². The summed E-state index contributed by atoms with van der Waals surface area (Å²) in [5.41, 5.74) is 1.46. The number of nitrogens with zero attached hydrogens (tertiary/aromatic N) is 3. The Bertz CT molecular complexity index is 1150. The van der Waals surface area contributed by atoms with Crippen LogP contribution in [-0.2, 0) is 26.4 Å². The lowest BCUT2D eigenvalue weighted by atomic mass is 9.84. The summed E-state index contributed by atoms with van der Waals surface area (Å²) in [5, 5.41) is 2.87. The molecule has 3 aliphatic rings. The summed E-state index contributed by atoms with van der Waals surface area (Å²) >= 11 is 0. The monoisotopic (exact) mass is 492 g/mol. The van der Waals surface area contributed by atoms with E-state index in [4.69, 9.17) is 9.47 Å². The van der Waals surface area contributed by atoms with Crippen LogP contribution in [0.1, 0.15) is 30.4 Å². The standard InChI is InChI=1S/C27H32N4O5/c1-29(2)20-11-9-19(10-12-20)16-30(17-21-6-5-14-35-21)24(32)18-31-25(33)27(28-26(31)34)13-15-36-23-8-4-3-7-22(23)27/h3-4,7-12,21H,5-6,13-18H2,1-2H3,(H,28,34)/t21-,27-/m0/s1. The Morgan fingerprint density at radius 3 is 2.61 bits per heavy atom. The quantitative estimate of drug-likeness (QED) is 0.598. The zero-order valence-electron chi connectivity index (χ0n) is 20.7. The summed E-state index contributed by atoms with van der Waals surface area (Å²) in [5.74, 6) is -0.126. The van der Waals surface area contributed by atoms with Crippen molar-refractivity contribution in [2.24, 2.45) is 0 Å². The number of fused-ring (bicyclic) bond motifs is 2. The molecule has 2 atom stereocenters. The largest absolute Gasteiger partial charge is 0.493 e. The van der Waals surface area contributed by atoms with E-state index in [0.717, 1.165) is 29.0 Å². The van der Waals surface area contributed by atoms with Crippen LogP contribution in [0, 0.1) is 0 Å². The minimum atomic E-state index is -1.20. The molecule has 9 nitrogen and oxygen atoms in total. The molecule has 4 amide bonds. The Morgan fingerprint density at radius 2 is 1.89 bits per heavy atom. The molecule has 3 heterocycles. The van der Waals surface area contributed by atoms with Gasteiger partial charge in [-0.15, -0.1) is 0 Å². The Hall–Kier alpha value is -3.59. The lowest BCUT2D eigenvalue weighted by molar-refractivity contribution is -0.140. The molecule has 0 saturated carbocycles. The van der Waals surface area contributed by atoms with Crippen molar-refractivity contribution in [3.05, 3.63) is 59.7 Å². The summed E-state index contributed by atoms with van der Waals surface area (Å²) in [6.07, 6.45) is 2.11. The SMILES string of the molecule is CN(C)c1ccc(CN(C[C@@H]2CCCO2)C(=O)CN2C(=O)N[C@]3(CCOc4ccccc43)C2=O)cc1. The molecule has 0 unspecified atom stereocenters. The zero-order valence-corrected chi connectivity index (χ0v) is 20.7. The first-order valence-electron chi connectivity index (χ1n) is 12.4. The molecular weight excluding hydrogens is 460 g/mol. The number of rotatable bonds is 7. The van der Waals surface area contributed by atoms with Crippen molar-refractivity contribution >= 4 is 23.5 Å². The fraction of sp³-hybridized carbons (Fsp3) is 0.444. The van der Waals surface area contributed by atoms with E-state index in [1.165, 1.54) is 0 Å². The van der Waals surface area contributed by atoms with E-state index in [1.54, 1.807) is 17.0 Å². The van der Waals surface area contributed by atoms with Crippen LogP contribution < -0.4 is 15.0 Å². The van der Waals surface area contributed by atoms with Crippen LogP contribution in [0.25, 0.3) is 0 Å². The first-order chi connectivity index (χ1) is 17.4. The molecule has 190 valence electrons. The number of ether oxygens (including phenoxy) is 2. The molecule has 9 heteroatoms. The van der Waals surface area contributed by atoms with Gasteiger partial charge in [-0.2, -0.15) is 0 Å². The molecule has 0 bridgehead atoms.